The molecule has 0 aromatic heterocycles. The third-order valence-electron chi connectivity index (χ3n) is 3.48. The average molecular weight is 198 g/mol. The van der Waals surface area contributed by atoms with Crippen molar-refractivity contribution in [3.63, 3.8) is 0 Å². The van der Waals surface area contributed by atoms with Gasteiger partial charge in [-0.3, -0.25) is 0 Å². The lowest BCUT2D eigenvalue weighted by Crippen LogP contribution is -2.34. The Balaban J connectivity index is 2.47. The van der Waals surface area contributed by atoms with E-state index in [9.17, 15) is 5.11 Å². The van der Waals surface area contributed by atoms with Crippen LogP contribution in [0.5, 0.6) is 0 Å². The Bertz CT molecular complexity index is 149. The zero-order chi connectivity index (χ0) is 10.6. The number of hydrogen-bond acceptors (Lipinski definition) is 1. The average Bonchev–Trinajstić information content (AvgIpc) is 2.00. The SMILES string of the molecule is CC(C)(C)C(O)C1CCCCCCC1. The lowest BCUT2D eigenvalue weighted by Gasteiger charge is -2.34. The van der Waals surface area contributed by atoms with Gasteiger partial charge in [-0.1, -0.05) is 52.9 Å². The number of rotatable bonds is 1. The van der Waals surface area contributed by atoms with Crippen LogP contribution in [0, 0.1) is 11.3 Å². The van der Waals surface area contributed by atoms with E-state index in [-0.39, 0.29) is 11.5 Å². The fraction of sp³-hybridized carbons (Fsp3) is 1.00. The van der Waals surface area contributed by atoms with Crippen LogP contribution in [0.3, 0.4) is 0 Å². The van der Waals surface area contributed by atoms with Crippen LogP contribution in [-0.4, -0.2) is 11.2 Å². The van der Waals surface area contributed by atoms with Crippen LogP contribution in [0.4, 0.5) is 0 Å². The van der Waals surface area contributed by atoms with Crippen LogP contribution in [-0.2, 0) is 0 Å². The van der Waals surface area contributed by atoms with Gasteiger partial charge in [0.05, 0.1) is 6.10 Å². The molecule has 0 aromatic carbocycles. The minimum absolute atomic E-state index is 0.0594. The summed E-state index contributed by atoms with van der Waals surface area (Å²) in [5, 5.41) is 10.2. The Hall–Kier alpha value is -0.0400. The van der Waals surface area contributed by atoms with Crippen LogP contribution in [0.1, 0.15) is 65.7 Å². The molecule has 1 fully saturated rings. The molecule has 1 aliphatic rings. The summed E-state index contributed by atoms with van der Waals surface area (Å²) in [4.78, 5) is 0. The third kappa shape index (κ3) is 3.61. The predicted octanol–water partition coefficient (Wildman–Crippen LogP) is 3.75. The second kappa shape index (κ2) is 5.16. The van der Waals surface area contributed by atoms with Crippen LogP contribution < -0.4 is 0 Å². The fourth-order valence-electron chi connectivity index (χ4n) is 2.51. The van der Waals surface area contributed by atoms with Gasteiger partial charge < -0.3 is 5.11 Å². The second-order valence-corrected chi connectivity index (χ2v) is 5.92. The monoisotopic (exact) mass is 198 g/mol. The van der Waals surface area contributed by atoms with Gasteiger partial charge in [-0.05, 0) is 24.2 Å². The molecule has 1 saturated carbocycles. The zero-order valence-electron chi connectivity index (χ0n) is 10.1. The molecular formula is C13H26O. The van der Waals surface area contributed by atoms with E-state index in [1.807, 2.05) is 0 Å². The Morgan fingerprint density at radius 1 is 0.929 bits per heavy atom. The highest BCUT2D eigenvalue weighted by molar-refractivity contribution is 4.80. The first kappa shape index (κ1) is 12.0. The minimum atomic E-state index is -0.111. The van der Waals surface area contributed by atoms with Gasteiger partial charge in [0.15, 0.2) is 0 Å². The number of aliphatic hydroxyl groups excluding tert-OH is 1. The third-order valence-corrected chi connectivity index (χ3v) is 3.48. The lowest BCUT2D eigenvalue weighted by molar-refractivity contribution is 0.00203. The molecule has 0 amide bonds. The van der Waals surface area contributed by atoms with Gasteiger partial charge in [0.2, 0.25) is 0 Å². The van der Waals surface area contributed by atoms with Gasteiger partial charge in [-0.2, -0.15) is 0 Å². The van der Waals surface area contributed by atoms with Gasteiger partial charge in [-0.25, -0.2) is 0 Å². The van der Waals surface area contributed by atoms with Crippen molar-refractivity contribution in [2.45, 2.75) is 71.8 Å². The second-order valence-electron chi connectivity index (χ2n) is 5.92. The highest BCUT2D eigenvalue weighted by Crippen LogP contribution is 2.33. The van der Waals surface area contributed by atoms with E-state index in [1.54, 1.807) is 0 Å². The van der Waals surface area contributed by atoms with Crippen LogP contribution >= 0.6 is 0 Å². The van der Waals surface area contributed by atoms with Crippen molar-refractivity contribution in [3.05, 3.63) is 0 Å². The van der Waals surface area contributed by atoms with E-state index in [4.69, 9.17) is 0 Å². The Morgan fingerprint density at radius 2 is 1.36 bits per heavy atom. The van der Waals surface area contributed by atoms with Gasteiger partial charge in [0.25, 0.3) is 0 Å². The molecule has 1 nitrogen and oxygen atoms in total. The first-order valence-electron chi connectivity index (χ1n) is 6.20. The molecule has 1 unspecified atom stereocenters. The smallest absolute Gasteiger partial charge is 0.0616 e. The van der Waals surface area contributed by atoms with Gasteiger partial charge in [-0.15, -0.1) is 0 Å². The van der Waals surface area contributed by atoms with Crippen molar-refractivity contribution < 1.29 is 5.11 Å². The highest BCUT2D eigenvalue weighted by atomic mass is 16.3. The van der Waals surface area contributed by atoms with Crippen molar-refractivity contribution in [1.29, 1.82) is 0 Å². The molecule has 0 spiro atoms. The fourth-order valence-corrected chi connectivity index (χ4v) is 2.51. The zero-order valence-corrected chi connectivity index (χ0v) is 10.1. The lowest BCUT2D eigenvalue weighted by atomic mass is 9.76. The maximum atomic E-state index is 10.2. The molecular weight excluding hydrogens is 172 g/mol. The molecule has 0 radical (unpaired) electrons. The van der Waals surface area contributed by atoms with Crippen LogP contribution in [0.2, 0.25) is 0 Å². The topological polar surface area (TPSA) is 20.2 Å². The molecule has 0 heterocycles. The quantitative estimate of drug-likeness (QED) is 0.680. The largest absolute Gasteiger partial charge is 0.392 e. The molecule has 14 heavy (non-hydrogen) atoms. The summed E-state index contributed by atoms with van der Waals surface area (Å²) in [6, 6.07) is 0. The summed E-state index contributed by atoms with van der Waals surface area (Å²) < 4.78 is 0. The minimum Gasteiger partial charge on any atom is -0.392 e. The van der Waals surface area contributed by atoms with Crippen molar-refractivity contribution in [1.82, 2.24) is 0 Å². The maximum absolute atomic E-state index is 10.2. The van der Waals surface area contributed by atoms with Gasteiger partial charge >= 0.3 is 0 Å². The molecule has 1 atom stereocenters. The van der Waals surface area contributed by atoms with Gasteiger partial charge in [0, 0.05) is 0 Å². The van der Waals surface area contributed by atoms with Gasteiger partial charge in [0.1, 0.15) is 0 Å². The van der Waals surface area contributed by atoms with Crippen molar-refractivity contribution in [3.8, 4) is 0 Å². The highest BCUT2D eigenvalue weighted by Gasteiger charge is 2.29. The van der Waals surface area contributed by atoms with E-state index in [0.29, 0.717) is 5.92 Å². The molecule has 0 aromatic rings. The molecule has 84 valence electrons. The first-order chi connectivity index (χ1) is 6.52. The first-order valence-corrected chi connectivity index (χ1v) is 6.20. The summed E-state index contributed by atoms with van der Waals surface area (Å²) >= 11 is 0. The molecule has 1 heteroatoms. The molecule has 0 bridgehead atoms. The number of aliphatic hydroxyl groups is 1. The Labute approximate surface area is 88.9 Å². The van der Waals surface area contributed by atoms with E-state index in [0.717, 1.165) is 0 Å². The summed E-state index contributed by atoms with van der Waals surface area (Å²) in [6.45, 7) is 6.45. The summed E-state index contributed by atoms with van der Waals surface area (Å²) in [5.41, 5.74) is 0.0594. The summed E-state index contributed by atoms with van der Waals surface area (Å²) in [6.07, 6.45) is 9.13. The molecule has 1 rings (SSSR count). The summed E-state index contributed by atoms with van der Waals surface area (Å²) in [5.74, 6) is 0.551. The molecule has 0 aliphatic heterocycles. The predicted molar refractivity (Wildman–Crippen MR) is 61.3 cm³/mol. The van der Waals surface area contributed by atoms with Crippen molar-refractivity contribution in [2.24, 2.45) is 11.3 Å². The standard InChI is InChI=1S/C13H26O/c1-13(2,3)12(14)11-9-7-5-4-6-8-10-11/h11-12,14H,4-10H2,1-3H3. The van der Waals surface area contributed by atoms with Crippen LogP contribution in [0.15, 0.2) is 0 Å². The summed E-state index contributed by atoms with van der Waals surface area (Å²) in [7, 11) is 0. The molecule has 1 aliphatic carbocycles. The van der Waals surface area contributed by atoms with E-state index in [1.165, 1.54) is 44.9 Å². The molecule has 0 saturated heterocycles. The van der Waals surface area contributed by atoms with E-state index < -0.39 is 0 Å². The molecule has 1 N–H and O–H groups in total. The normalized spacial score (nSPS) is 24.0. The van der Waals surface area contributed by atoms with Crippen LogP contribution in [0.25, 0.3) is 0 Å². The van der Waals surface area contributed by atoms with E-state index in [2.05, 4.69) is 20.8 Å². The number of hydrogen-bond donors (Lipinski definition) is 1. The van der Waals surface area contributed by atoms with Crippen molar-refractivity contribution >= 4 is 0 Å². The Kier molecular flexibility index (Phi) is 4.43. The maximum Gasteiger partial charge on any atom is 0.0616 e. The van der Waals surface area contributed by atoms with Crippen molar-refractivity contribution in [2.75, 3.05) is 0 Å². The Morgan fingerprint density at radius 3 is 1.79 bits per heavy atom. The van der Waals surface area contributed by atoms with E-state index >= 15 is 0 Å².